The molecule has 0 radical (unpaired) electrons. The van der Waals surface area contributed by atoms with E-state index < -0.39 is 0 Å². The molecular weight excluding hydrogens is 268 g/mol. The van der Waals surface area contributed by atoms with Crippen LogP contribution in [0.15, 0.2) is 36.8 Å². The summed E-state index contributed by atoms with van der Waals surface area (Å²) in [5.41, 5.74) is 1.59. The van der Waals surface area contributed by atoms with Crippen LogP contribution in [0, 0.1) is 0 Å². The van der Waals surface area contributed by atoms with Crippen LogP contribution in [0.1, 0.15) is 16.1 Å². The molecule has 3 heterocycles. The molecule has 0 bridgehead atoms. The average Bonchev–Trinajstić information content (AvgIpc) is 3.20. The highest BCUT2D eigenvalue weighted by Crippen LogP contribution is 2.09. The van der Waals surface area contributed by atoms with Gasteiger partial charge in [0.25, 0.3) is 5.91 Å². The molecule has 0 saturated carbocycles. The lowest BCUT2D eigenvalue weighted by molar-refractivity contribution is -0.131. The first-order valence-corrected chi connectivity index (χ1v) is 7.06. The zero-order chi connectivity index (χ0) is 14.7. The zero-order valence-electron chi connectivity index (χ0n) is 11.7. The van der Waals surface area contributed by atoms with Crippen LogP contribution in [0.25, 0.3) is 0 Å². The third-order valence-electron chi connectivity index (χ3n) is 3.77. The first-order chi connectivity index (χ1) is 10.2. The molecule has 0 unspecified atom stereocenters. The van der Waals surface area contributed by atoms with Crippen LogP contribution in [0.2, 0.25) is 0 Å². The molecule has 2 aromatic heterocycles. The Morgan fingerprint density at radius 1 is 1.05 bits per heavy atom. The van der Waals surface area contributed by atoms with Crippen LogP contribution in [-0.4, -0.2) is 57.8 Å². The van der Waals surface area contributed by atoms with Gasteiger partial charge in [0.05, 0.1) is 6.42 Å². The Bertz CT molecular complexity index is 596. The predicted octanol–water partition coefficient (Wildman–Crippen LogP) is 0.870. The van der Waals surface area contributed by atoms with Crippen LogP contribution in [-0.2, 0) is 11.2 Å². The summed E-state index contributed by atoms with van der Waals surface area (Å²) >= 11 is 0. The van der Waals surface area contributed by atoms with Crippen molar-refractivity contribution < 1.29 is 9.59 Å². The number of nitrogens with zero attached hydrogens (tertiary/aromatic N) is 2. The van der Waals surface area contributed by atoms with E-state index in [4.69, 9.17) is 0 Å². The molecule has 2 amide bonds. The number of hydrogen-bond acceptors (Lipinski definition) is 2. The maximum Gasteiger partial charge on any atom is 0.270 e. The lowest BCUT2D eigenvalue weighted by atomic mass is 10.2. The van der Waals surface area contributed by atoms with Crippen molar-refractivity contribution in [3.8, 4) is 0 Å². The summed E-state index contributed by atoms with van der Waals surface area (Å²) < 4.78 is 0. The quantitative estimate of drug-likeness (QED) is 0.879. The minimum Gasteiger partial charge on any atom is -0.367 e. The van der Waals surface area contributed by atoms with Gasteiger partial charge in [0.15, 0.2) is 0 Å². The van der Waals surface area contributed by atoms with Gasteiger partial charge in [0.1, 0.15) is 5.69 Å². The SMILES string of the molecule is O=C(Cc1cc[nH]c1)N1CCN(C(=O)c2ccc[nH]2)CC1. The van der Waals surface area contributed by atoms with Crippen molar-refractivity contribution in [3.63, 3.8) is 0 Å². The Labute approximate surface area is 122 Å². The largest absolute Gasteiger partial charge is 0.367 e. The van der Waals surface area contributed by atoms with E-state index in [-0.39, 0.29) is 11.8 Å². The highest BCUT2D eigenvalue weighted by atomic mass is 16.2. The molecule has 21 heavy (non-hydrogen) atoms. The van der Waals surface area contributed by atoms with Crippen LogP contribution >= 0.6 is 0 Å². The van der Waals surface area contributed by atoms with E-state index in [1.165, 1.54) is 0 Å². The van der Waals surface area contributed by atoms with Crippen LogP contribution < -0.4 is 0 Å². The first-order valence-electron chi connectivity index (χ1n) is 7.06. The van der Waals surface area contributed by atoms with Gasteiger partial charge in [-0.05, 0) is 23.8 Å². The molecule has 1 saturated heterocycles. The van der Waals surface area contributed by atoms with Crippen LogP contribution in [0.3, 0.4) is 0 Å². The molecule has 0 aromatic carbocycles. The van der Waals surface area contributed by atoms with Gasteiger partial charge in [-0.1, -0.05) is 0 Å². The lowest BCUT2D eigenvalue weighted by Crippen LogP contribution is -2.51. The fourth-order valence-electron chi connectivity index (χ4n) is 2.55. The highest BCUT2D eigenvalue weighted by Gasteiger charge is 2.25. The van der Waals surface area contributed by atoms with Gasteiger partial charge in [0, 0.05) is 44.8 Å². The topological polar surface area (TPSA) is 72.2 Å². The Morgan fingerprint density at radius 3 is 2.43 bits per heavy atom. The van der Waals surface area contributed by atoms with E-state index in [1.54, 1.807) is 17.2 Å². The molecule has 2 aromatic rings. The van der Waals surface area contributed by atoms with Crippen molar-refractivity contribution in [1.82, 2.24) is 19.8 Å². The molecule has 0 atom stereocenters. The average molecular weight is 286 g/mol. The number of carbonyl (C=O) groups is 2. The van der Waals surface area contributed by atoms with E-state index in [0.717, 1.165) is 5.56 Å². The summed E-state index contributed by atoms with van der Waals surface area (Å²) in [6.45, 7) is 2.35. The number of piperazine rings is 1. The third kappa shape index (κ3) is 2.99. The number of nitrogens with one attached hydrogen (secondary N) is 2. The minimum atomic E-state index is -0.00210. The molecule has 110 valence electrons. The van der Waals surface area contributed by atoms with Gasteiger partial charge >= 0.3 is 0 Å². The summed E-state index contributed by atoms with van der Waals surface area (Å²) in [5.74, 6) is 0.110. The summed E-state index contributed by atoms with van der Waals surface area (Å²) in [7, 11) is 0. The number of aromatic nitrogens is 2. The van der Waals surface area contributed by atoms with Crippen molar-refractivity contribution in [2.24, 2.45) is 0 Å². The maximum absolute atomic E-state index is 12.2. The van der Waals surface area contributed by atoms with Gasteiger partial charge in [0.2, 0.25) is 5.91 Å². The Balaban J connectivity index is 1.53. The number of carbonyl (C=O) groups excluding carboxylic acids is 2. The molecule has 0 spiro atoms. The Hall–Kier alpha value is -2.50. The van der Waals surface area contributed by atoms with Gasteiger partial charge in [-0.3, -0.25) is 9.59 Å². The molecule has 3 rings (SSSR count). The van der Waals surface area contributed by atoms with Crippen LogP contribution in [0.4, 0.5) is 0 Å². The monoisotopic (exact) mass is 286 g/mol. The fraction of sp³-hybridized carbons (Fsp3) is 0.333. The molecular formula is C15H18N4O2. The summed E-state index contributed by atoms with van der Waals surface area (Å²) in [4.78, 5) is 33.8. The number of H-pyrrole nitrogens is 2. The van der Waals surface area contributed by atoms with E-state index in [1.807, 2.05) is 29.4 Å². The minimum absolute atomic E-state index is 0.00210. The fourth-order valence-corrected chi connectivity index (χ4v) is 2.55. The van der Waals surface area contributed by atoms with Crippen LogP contribution in [0.5, 0.6) is 0 Å². The Morgan fingerprint density at radius 2 is 1.81 bits per heavy atom. The lowest BCUT2D eigenvalue weighted by Gasteiger charge is -2.34. The normalized spacial score (nSPS) is 15.2. The summed E-state index contributed by atoms with van der Waals surface area (Å²) in [6.07, 6.45) is 5.80. The van der Waals surface area contributed by atoms with Gasteiger partial charge in [-0.2, -0.15) is 0 Å². The van der Waals surface area contributed by atoms with Crippen molar-refractivity contribution in [3.05, 3.63) is 48.0 Å². The smallest absolute Gasteiger partial charge is 0.270 e. The number of hydrogen-bond donors (Lipinski definition) is 2. The zero-order valence-corrected chi connectivity index (χ0v) is 11.7. The highest BCUT2D eigenvalue weighted by molar-refractivity contribution is 5.92. The summed E-state index contributed by atoms with van der Waals surface area (Å²) in [6, 6.07) is 5.48. The predicted molar refractivity (Wildman–Crippen MR) is 77.8 cm³/mol. The number of aromatic amines is 2. The maximum atomic E-state index is 12.2. The van der Waals surface area contributed by atoms with E-state index in [0.29, 0.717) is 38.3 Å². The molecule has 1 fully saturated rings. The third-order valence-corrected chi connectivity index (χ3v) is 3.77. The molecule has 1 aliphatic rings. The second-order valence-electron chi connectivity index (χ2n) is 5.15. The van der Waals surface area contributed by atoms with Crippen molar-refractivity contribution in [2.45, 2.75) is 6.42 Å². The molecule has 1 aliphatic heterocycles. The molecule has 6 heteroatoms. The molecule has 2 N–H and O–H groups in total. The standard InChI is InChI=1S/C15H18N4O2/c20-14(10-12-3-5-16-11-12)18-6-8-19(9-7-18)15(21)13-2-1-4-17-13/h1-5,11,16-17H,6-10H2. The van der Waals surface area contributed by atoms with Crippen molar-refractivity contribution in [2.75, 3.05) is 26.2 Å². The number of rotatable bonds is 3. The first kappa shape index (κ1) is 13.5. The van der Waals surface area contributed by atoms with E-state index >= 15 is 0 Å². The second kappa shape index (κ2) is 5.87. The number of amides is 2. The Kier molecular flexibility index (Phi) is 3.77. The molecule has 6 nitrogen and oxygen atoms in total. The van der Waals surface area contributed by atoms with Crippen molar-refractivity contribution in [1.29, 1.82) is 0 Å². The second-order valence-corrected chi connectivity index (χ2v) is 5.15. The van der Waals surface area contributed by atoms with Gasteiger partial charge in [-0.25, -0.2) is 0 Å². The van der Waals surface area contributed by atoms with E-state index in [9.17, 15) is 9.59 Å². The molecule has 0 aliphatic carbocycles. The van der Waals surface area contributed by atoms with E-state index in [2.05, 4.69) is 9.97 Å². The van der Waals surface area contributed by atoms with Gasteiger partial charge in [-0.15, -0.1) is 0 Å². The summed E-state index contributed by atoms with van der Waals surface area (Å²) in [5, 5.41) is 0. The van der Waals surface area contributed by atoms with Crippen molar-refractivity contribution >= 4 is 11.8 Å². The van der Waals surface area contributed by atoms with Gasteiger partial charge < -0.3 is 19.8 Å².